The van der Waals surface area contributed by atoms with Crippen LogP contribution in [0.2, 0.25) is 0 Å². The molecule has 0 atom stereocenters. The van der Waals surface area contributed by atoms with Gasteiger partial charge in [0, 0.05) is 30.8 Å². The number of hydrogen-bond donors (Lipinski definition) is 2. The van der Waals surface area contributed by atoms with Crippen molar-refractivity contribution in [3.63, 3.8) is 0 Å². The first-order chi connectivity index (χ1) is 15.1. The molecule has 1 fully saturated rings. The van der Waals surface area contributed by atoms with Crippen LogP contribution in [0.25, 0.3) is 16.9 Å². The van der Waals surface area contributed by atoms with E-state index in [1.165, 1.54) is 12.5 Å². The SMILES string of the molecule is O=C(c1ccoc1)N1CCC(Nc2cc(-c3ccccc3O)nc3c(Br)cnn23)CC1. The Hall–Kier alpha value is -3.33. The third kappa shape index (κ3) is 3.76. The minimum Gasteiger partial charge on any atom is -0.507 e. The van der Waals surface area contributed by atoms with Crippen LogP contribution in [0.3, 0.4) is 0 Å². The molecule has 0 spiro atoms. The third-order valence-corrected chi connectivity index (χ3v) is 6.07. The summed E-state index contributed by atoms with van der Waals surface area (Å²) in [6.07, 6.45) is 6.31. The summed E-state index contributed by atoms with van der Waals surface area (Å²) >= 11 is 3.51. The first-order valence-corrected chi connectivity index (χ1v) is 10.8. The third-order valence-electron chi connectivity index (χ3n) is 5.51. The Morgan fingerprint density at radius 2 is 2.03 bits per heavy atom. The van der Waals surface area contributed by atoms with E-state index in [1.807, 2.05) is 23.1 Å². The van der Waals surface area contributed by atoms with Gasteiger partial charge in [0.15, 0.2) is 5.65 Å². The van der Waals surface area contributed by atoms with E-state index >= 15 is 0 Å². The quantitative estimate of drug-likeness (QED) is 0.453. The highest BCUT2D eigenvalue weighted by Gasteiger charge is 2.25. The van der Waals surface area contributed by atoms with Crippen molar-refractivity contribution in [2.45, 2.75) is 18.9 Å². The molecule has 2 N–H and O–H groups in total. The molecule has 1 aliphatic rings. The summed E-state index contributed by atoms with van der Waals surface area (Å²) in [5.41, 5.74) is 2.55. The highest BCUT2D eigenvalue weighted by molar-refractivity contribution is 9.10. The molecule has 1 aliphatic heterocycles. The minimum absolute atomic E-state index is 0.00338. The zero-order chi connectivity index (χ0) is 21.4. The lowest BCUT2D eigenvalue weighted by molar-refractivity contribution is 0.0717. The van der Waals surface area contributed by atoms with Crippen molar-refractivity contribution in [2.75, 3.05) is 18.4 Å². The summed E-state index contributed by atoms with van der Waals surface area (Å²) in [5, 5.41) is 18.3. The van der Waals surface area contributed by atoms with E-state index in [-0.39, 0.29) is 17.7 Å². The van der Waals surface area contributed by atoms with Gasteiger partial charge in [0.05, 0.1) is 28.2 Å². The number of phenols is 1. The Bertz CT molecular complexity index is 1230. The van der Waals surface area contributed by atoms with Crippen LogP contribution in [0, 0.1) is 0 Å². The molecule has 8 nitrogen and oxygen atoms in total. The maximum Gasteiger partial charge on any atom is 0.257 e. The smallest absolute Gasteiger partial charge is 0.257 e. The molecule has 5 rings (SSSR count). The van der Waals surface area contributed by atoms with Crippen molar-refractivity contribution >= 4 is 33.3 Å². The van der Waals surface area contributed by atoms with E-state index in [0.717, 1.165) is 23.1 Å². The van der Waals surface area contributed by atoms with Crippen LogP contribution in [-0.2, 0) is 0 Å². The molecule has 4 aromatic rings. The van der Waals surface area contributed by atoms with E-state index in [4.69, 9.17) is 4.42 Å². The first kappa shape index (κ1) is 19.6. The van der Waals surface area contributed by atoms with Gasteiger partial charge < -0.3 is 19.7 Å². The Labute approximate surface area is 186 Å². The number of aromatic hydroxyl groups is 1. The van der Waals surface area contributed by atoms with Gasteiger partial charge in [-0.15, -0.1) is 0 Å². The fourth-order valence-corrected chi connectivity index (χ4v) is 4.22. The summed E-state index contributed by atoms with van der Waals surface area (Å²) in [4.78, 5) is 19.1. The van der Waals surface area contributed by atoms with Crippen LogP contribution in [0.5, 0.6) is 5.75 Å². The van der Waals surface area contributed by atoms with Crippen molar-refractivity contribution in [3.05, 3.63) is 65.2 Å². The molecule has 0 saturated carbocycles. The van der Waals surface area contributed by atoms with Crippen LogP contribution in [0.4, 0.5) is 5.82 Å². The standard InChI is InChI=1S/C22H20BrN5O3/c23-17-12-24-28-20(11-18(26-21(17)28)16-3-1-2-4-19(16)29)25-15-5-8-27(9-6-15)22(30)14-7-10-31-13-14/h1-4,7,10-13,15,25,29H,5-6,8-9H2. The number of nitrogens with zero attached hydrogens (tertiary/aromatic N) is 4. The zero-order valence-electron chi connectivity index (χ0n) is 16.5. The maximum atomic E-state index is 12.5. The van der Waals surface area contributed by atoms with Gasteiger partial charge in [-0.3, -0.25) is 4.79 Å². The highest BCUT2D eigenvalue weighted by Crippen LogP contribution is 2.31. The minimum atomic E-state index is -0.00338. The number of rotatable bonds is 4. The van der Waals surface area contributed by atoms with Crippen LogP contribution in [0.15, 0.2) is 64.0 Å². The number of piperidine rings is 1. The largest absolute Gasteiger partial charge is 0.507 e. The molecule has 3 aromatic heterocycles. The Kier molecular flexibility index (Phi) is 5.11. The average Bonchev–Trinajstić information content (AvgIpc) is 3.45. The number of phenolic OH excluding ortho intramolecular Hbond substituents is 1. The number of carbonyl (C=O) groups is 1. The fourth-order valence-electron chi connectivity index (χ4n) is 3.87. The number of halogens is 1. The van der Waals surface area contributed by atoms with E-state index in [0.29, 0.717) is 35.6 Å². The monoisotopic (exact) mass is 481 g/mol. The molecular formula is C22H20BrN5O3. The van der Waals surface area contributed by atoms with Crippen molar-refractivity contribution in [3.8, 4) is 17.0 Å². The van der Waals surface area contributed by atoms with E-state index in [2.05, 4.69) is 31.3 Å². The Morgan fingerprint density at radius 1 is 1.23 bits per heavy atom. The molecule has 9 heteroatoms. The summed E-state index contributed by atoms with van der Waals surface area (Å²) in [7, 11) is 0. The van der Waals surface area contributed by atoms with Gasteiger partial charge in [-0.25, -0.2) is 4.98 Å². The van der Waals surface area contributed by atoms with Crippen LogP contribution >= 0.6 is 15.9 Å². The number of amides is 1. The number of para-hydroxylation sites is 1. The van der Waals surface area contributed by atoms with Crippen LogP contribution in [-0.4, -0.2) is 49.6 Å². The summed E-state index contributed by atoms with van der Waals surface area (Å²) < 4.78 is 7.55. The number of nitrogens with one attached hydrogen (secondary N) is 1. The predicted molar refractivity (Wildman–Crippen MR) is 119 cm³/mol. The topological polar surface area (TPSA) is 95.9 Å². The lowest BCUT2D eigenvalue weighted by Crippen LogP contribution is -2.42. The van der Waals surface area contributed by atoms with Gasteiger partial charge >= 0.3 is 0 Å². The second-order valence-electron chi connectivity index (χ2n) is 7.49. The normalized spacial score (nSPS) is 14.8. The molecule has 1 aromatic carbocycles. The number of anilines is 1. The average molecular weight is 482 g/mol. The van der Waals surface area contributed by atoms with Gasteiger partial charge in [-0.2, -0.15) is 9.61 Å². The molecule has 0 unspecified atom stereocenters. The molecule has 0 bridgehead atoms. The molecule has 158 valence electrons. The summed E-state index contributed by atoms with van der Waals surface area (Å²) in [6.45, 7) is 1.32. The van der Waals surface area contributed by atoms with Gasteiger partial charge in [0.1, 0.15) is 17.8 Å². The van der Waals surface area contributed by atoms with E-state index in [9.17, 15) is 9.90 Å². The van der Waals surface area contributed by atoms with Crippen LogP contribution in [0.1, 0.15) is 23.2 Å². The molecule has 31 heavy (non-hydrogen) atoms. The van der Waals surface area contributed by atoms with E-state index < -0.39 is 0 Å². The number of benzene rings is 1. The zero-order valence-corrected chi connectivity index (χ0v) is 18.1. The number of hydrogen-bond acceptors (Lipinski definition) is 6. The second-order valence-corrected chi connectivity index (χ2v) is 8.35. The van der Waals surface area contributed by atoms with Crippen molar-refractivity contribution < 1.29 is 14.3 Å². The molecule has 0 radical (unpaired) electrons. The number of furan rings is 1. The van der Waals surface area contributed by atoms with E-state index in [1.54, 1.807) is 28.9 Å². The Balaban J connectivity index is 1.38. The highest BCUT2D eigenvalue weighted by atomic mass is 79.9. The van der Waals surface area contributed by atoms with Crippen molar-refractivity contribution in [1.29, 1.82) is 0 Å². The van der Waals surface area contributed by atoms with Gasteiger partial charge in [0.2, 0.25) is 0 Å². The number of carbonyl (C=O) groups excluding carboxylic acids is 1. The van der Waals surface area contributed by atoms with Crippen molar-refractivity contribution in [2.24, 2.45) is 0 Å². The number of aromatic nitrogens is 3. The van der Waals surface area contributed by atoms with Gasteiger partial charge in [-0.1, -0.05) is 12.1 Å². The Morgan fingerprint density at radius 3 is 2.77 bits per heavy atom. The first-order valence-electron chi connectivity index (χ1n) is 10.0. The lowest BCUT2D eigenvalue weighted by Gasteiger charge is -2.32. The van der Waals surface area contributed by atoms with Gasteiger partial charge in [0.25, 0.3) is 5.91 Å². The van der Waals surface area contributed by atoms with Crippen molar-refractivity contribution in [1.82, 2.24) is 19.5 Å². The number of fused-ring (bicyclic) bond motifs is 1. The lowest BCUT2D eigenvalue weighted by atomic mass is 10.0. The second kappa shape index (κ2) is 8.07. The molecular weight excluding hydrogens is 462 g/mol. The molecule has 0 aliphatic carbocycles. The maximum absolute atomic E-state index is 12.5. The van der Waals surface area contributed by atoms with Crippen LogP contribution < -0.4 is 5.32 Å². The summed E-state index contributed by atoms with van der Waals surface area (Å²) in [6, 6.07) is 10.9. The van der Waals surface area contributed by atoms with Gasteiger partial charge in [-0.05, 0) is 47.0 Å². The fraction of sp³-hybridized carbons (Fsp3) is 0.227. The summed E-state index contributed by atoms with van der Waals surface area (Å²) in [5.74, 6) is 0.955. The molecule has 1 saturated heterocycles. The molecule has 1 amide bonds. The molecule has 4 heterocycles. The predicted octanol–water partition coefficient (Wildman–Crippen LogP) is 4.17. The number of likely N-dealkylation sites (tertiary alicyclic amines) is 1.